The predicted octanol–water partition coefficient (Wildman–Crippen LogP) is 6.09. The number of hydrogen-bond acceptors (Lipinski definition) is 5. The molecule has 1 aliphatic heterocycles. The summed E-state index contributed by atoms with van der Waals surface area (Å²) in [7, 11) is 0. The second-order valence-electron chi connectivity index (χ2n) is 11.0. The Labute approximate surface area is 225 Å². The Kier molecular flexibility index (Phi) is 8.05. The van der Waals surface area contributed by atoms with Gasteiger partial charge in [-0.25, -0.2) is 4.79 Å². The molecule has 1 N–H and O–H groups in total. The molecule has 0 amide bonds. The second-order valence-corrected chi connectivity index (χ2v) is 11.9. The number of aromatic amines is 1. The number of H-pyrrole nitrogens is 1. The van der Waals surface area contributed by atoms with Gasteiger partial charge in [-0.3, -0.25) is 19.2 Å². The molecule has 1 aliphatic rings. The van der Waals surface area contributed by atoms with E-state index in [1.165, 1.54) is 0 Å². The number of nitrogens with zero attached hydrogens (tertiary/aromatic N) is 3. The first-order valence-corrected chi connectivity index (χ1v) is 13.4. The molecule has 7 nitrogen and oxygen atoms in total. The maximum absolute atomic E-state index is 12.6. The highest BCUT2D eigenvalue weighted by atomic mass is 79.9. The molecule has 37 heavy (non-hydrogen) atoms. The first kappa shape index (κ1) is 26.9. The van der Waals surface area contributed by atoms with Crippen molar-refractivity contribution in [2.75, 3.05) is 13.1 Å². The number of likely N-dealkylation sites (tertiary alicyclic amines) is 1. The topological polar surface area (TPSA) is 91.1 Å². The third-order valence-corrected chi connectivity index (χ3v) is 7.24. The number of benzene rings is 2. The molecule has 0 radical (unpaired) electrons. The molecule has 0 aliphatic carbocycles. The third kappa shape index (κ3) is 6.60. The van der Waals surface area contributed by atoms with E-state index in [1.807, 2.05) is 42.5 Å². The van der Waals surface area contributed by atoms with Crippen molar-refractivity contribution in [3.8, 4) is 17.6 Å². The quantitative estimate of drug-likeness (QED) is 0.391. The van der Waals surface area contributed by atoms with Gasteiger partial charge in [-0.05, 0) is 74.0 Å². The van der Waals surface area contributed by atoms with Crippen LogP contribution in [-0.4, -0.2) is 27.5 Å². The molecule has 8 heteroatoms. The Hall–Kier alpha value is -3.15. The molecule has 1 aromatic heterocycles. The second kappa shape index (κ2) is 11.1. The number of aromatic nitrogens is 2. The van der Waals surface area contributed by atoms with Crippen LogP contribution in [0.2, 0.25) is 0 Å². The minimum Gasteiger partial charge on any atom is -0.456 e. The molecule has 1 fully saturated rings. The van der Waals surface area contributed by atoms with E-state index in [1.54, 1.807) is 17.7 Å². The number of nitriles is 1. The Morgan fingerprint density at radius 1 is 1.22 bits per heavy atom. The summed E-state index contributed by atoms with van der Waals surface area (Å²) in [5, 5.41) is 9.74. The number of hydrogen-bond donors (Lipinski definition) is 1. The molecule has 2 aromatic carbocycles. The number of rotatable bonds is 6. The van der Waals surface area contributed by atoms with Gasteiger partial charge < -0.3 is 4.74 Å². The van der Waals surface area contributed by atoms with Crippen LogP contribution in [0.15, 0.2) is 62.7 Å². The standard InChI is InChI=1S/C29H33BrN4O3/c1-19-17-34(28(36)32-27(19)35)23-8-6-12-33(18-23)25(15-29(2,3)4)20-10-11-21(16-31)26(13-20)37-24-9-5-7-22(30)14-24/h5,7,9-11,13-14,17,23,25H,6,8,12,15,18H2,1-4H3,(H,32,35,36)/t23-,25?/m0/s1. The van der Waals surface area contributed by atoms with Crippen molar-refractivity contribution in [3.63, 3.8) is 0 Å². The zero-order valence-electron chi connectivity index (χ0n) is 21.8. The lowest BCUT2D eigenvalue weighted by Gasteiger charge is -2.41. The van der Waals surface area contributed by atoms with Crippen LogP contribution in [0.25, 0.3) is 0 Å². The van der Waals surface area contributed by atoms with E-state index in [-0.39, 0.29) is 28.7 Å². The maximum Gasteiger partial charge on any atom is 0.328 e. The van der Waals surface area contributed by atoms with Gasteiger partial charge in [-0.2, -0.15) is 5.26 Å². The molecule has 0 bridgehead atoms. The van der Waals surface area contributed by atoms with Gasteiger partial charge in [0.1, 0.15) is 17.6 Å². The average molecular weight is 566 g/mol. The zero-order chi connectivity index (χ0) is 26.7. The van der Waals surface area contributed by atoms with Crippen molar-refractivity contribution in [1.29, 1.82) is 5.26 Å². The Morgan fingerprint density at radius 2 is 2.00 bits per heavy atom. The molecule has 2 heterocycles. The van der Waals surface area contributed by atoms with E-state index in [0.717, 1.165) is 35.8 Å². The van der Waals surface area contributed by atoms with Crippen LogP contribution in [0, 0.1) is 23.7 Å². The first-order chi connectivity index (χ1) is 17.5. The zero-order valence-corrected chi connectivity index (χ0v) is 23.3. The van der Waals surface area contributed by atoms with Gasteiger partial charge in [0.2, 0.25) is 0 Å². The highest BCUT2D eigenvalue weighted by Gasteiger charge is 2.31. The third-order valence-electron chi connectivity index (χ3n) is 6.75. The number of ether oxygens (including phenoxy) is 1. The van der Waals surface area contributed by atoms with E-state index < -0.39 is 0 Å². The summed E-state index contributed by atoms with van der Waals surface area (Å²) in [5.74, 6) is 1.18. The highest BCUT2D eigenvalue weighted by molar-refractivity contribution is 9.10. The van der Waals surface area contributed by atoms with E-state index in [2.05, 4.69) is 52.7 Å². The van der Waals surface area contributed by atoms with Crippen LogP contribution in [-0.2, 0) is 0 Å². The monoisotopic (exact) mass is 564 g/mol. The van der Waals surface area contributed by atoms with Crippen LogP contribution in [0.3, 0.4) is 0 Å². The summed E-state index contributed by atoms with van der Waals surface area (Å²) in [4.78, 5) is 29.4. The van der Waals surface area contributed by atoms with Gasteiger partial charge >= 0.3 is 5.69 Å². The van der Waals surface area contributed by atoms with Gasteiger partial charge in [0, 0.05) is 28.8 Å². The van der Waals surface area contributed by atoms with Crippen LogP contribution >= 0.6 is 15.9 Å². The molecule has 0 spiro atoms. The van der Waals surface area contributed by atoms with Crippen LogP contribution in [0.4, 0.5) is 0 Å². The first-order valence-electron chi connectivity index (χ1n) is 12.6. The largest absolute Gasteiger partial charge is 0.456 e. The van der Waals surface area contributed by atoms with Gasteiger partial charge in [0.05, 0.1) is 11.6 Å². The molecular weight excluding hydrogens is 532 g/mol. The van der Waals surface area contributed by atoms with Crippen LogP contribution in [0.1, 0.15) is 68.8 Å². The summed E-state index contributed by atoms with van der Waals surface area (Å²) in [6.45, 7) is 9.98. The van der Waals surface area contributed by atoms with Crippen molar-refractivity contribution in [2.45, 2.75) is 59.0 Å². The van der Waals surface area contributed by atoms with Crippen molar-refractivity contribution in [2.24, 2.45) is 5.41 Å². The fourth-order valence-corrected chi connectivity index (χ4v) is 5.35. The molecular formula is C29H33BrN4O3. The Bertz CT molecular complexity index is 1430. The minimum absolute atomic E-state index is 0.0324. The van der Waals surface area contributed by atoms with Crippen molar-refractivity contribution in [3.05, 3.63) is 90.7 Å². The van der Waals surface area contributed by atoms with Gasteiger partial charge in [0.15, 0.2) is 0 Å². The smallest absolute Gasteiger partial charge is 0.328 e. The van der Waals surface area contributed by atoms with E-state index in [0.29, 0.717) is 29.2 Å². The van der Waals surface area contributed by atoms with Crippen LogP contribution in [0.5, 0.6) is 11.5 Å². The molecule has 2 atom stereocenters. The Morgan fingerprint density at radius 3 is 2.70 bits per heavy atom. The predicted molar refractivity (Wildman–Crippen MR) is 148 cm³/mol. The average Bonchev–Trinajstić information content (AvgIpc) is 2.84. The lowest BCUT2D eigenvalue weighted by Crippen LogP contribution is -2.44. The minimum atomic E-state index is -0.363. The van der Waals surface area contributed by atoms with Crippen molar-refractivity contribution in [1.82, 2.24) is 14.5 Å². The van der Waals surface area contributed by atoms with Gasteiger partial charge in [0.25, 0.3) is 5.56 Å². The molecule has 1 unspecified atom stereocenters. The summed E-state index contributed by atoms with van der Waals surface area (Å²) in [5.41, 5.74) is 1.43. The maximum atomic E-state index is 12.6. The summed E-state index contributed by atoms with van der Waals surface area (Å²) in [6, 6.07) is 15.7. The van der Waals surface area contributed by atoms with Gasteiger partial charge in [-0.1, -0.05) is 48.8 Å². The SMILES string of the molecule is Cc1cn([C@H]2CCCN(C(CC(C)(C)C)c3ccc(C#N)c(Oc4cccc(Br)c4)c3)C2)c(=O)[nH]c1=O. The lowest BCUT2D eigenvalue weighted by atomic mass is 9.83. The fourth-order valence-electron chi connectivity index (χ4n) is 4.97. The molecule has 4 rings (SSSR count). The molecule has 1 saturated heterocycles. The van der Waals surface area contributed by atoms with E-state index in [9.17, 15) is 14.9 Å². The molecule has 194 valence electrons. The van der Waals surface area contributed by atoms with Gasteiger partial charge in [-0.15, -0.1) is 0 Å². The van der Waals surface area contributed by atoms with Crippen LogP contribution < -0.4 is 16.0 Å². The number of aryl methyl sites for hydroxylation is 1. The lowest BCUT2D eigenvalue weighted by molar-refractivity contribution is 0.0955. The number of piperidine rings is 1. The summed E-state index contributed by atoms with van der Waals surface area (Å²) >= 11 is 3.48. The Balaban J connectivity index is 1.69. The number of halogens is 1. The molecule has 3 aromatic rings. The fraction of sp³-hybridized carbons (Fsp3) is 0.414. The number of nitrogens with one attached hydrogen (secondary N) is 1. The van der Waals surface area contributed by atoms with E-state index in [4.69, 9.17) is 4.74 Å². The van der Waals surface area contributed by atoms with Crippen molar-refractivity contribution < 1.29 is 4.74 Å². The summed E-state index contributed by atoms with van der Waals surface area (Å²) < 4.78 is 8.75. The normalized spacial score (nSPS) is 17.2. The van der Waals surface area contributed by atoms with E-state index >= 15 is 0 Å². The summed E-state index contributed by atoms with van der Waals surface area (Å²) in [6.07, 6.45) is 4.38. The molecule has 0 saturated carbocycles. The highest BCUT2D eigenvalue weighted by Crippen LogP contribution is 2.39. The van der Waals surface area contributed by atoms with Crippen molar-refractivity contribution >= 4 is 15.9 Å².